The average Bonchev–Trinajstić information content (AvgIpc) is 3.58. The Morgan fingerprint density at radius 2 is 1.66 bits per heavy atom. The molecule has 2 aliphatic rings. The van der Waals surface area contributed by atoms with Crippen LogP contribution in [0.4, 0.5) is 4.79 Å². The van der Waals surface area contributed by atoms with Gasteiger partial charge in [0.15, 0.2) is 0 Å². The summed E-state index contributed by atoms with van der Waals surface area (Å²) in [6.45, 7) is 2.30. The minimum Gasteiger partial charge on any atom is -0.481 e. The topological polar surface area (TPSA) is 95.9 Å². The van der Waals surface area contributed by atoms with Crippen LogP contribution in [0.1, 0.15) is 43.2 Å². The second-order valence-corrected chi connectivity index (χ2v) is 8.51. The third-order valence-corrected chi connectivity index (χ3v) is 6.16. The molecule has 0 aromatic heterocycles. The highest BCUT2D eigenvalue weighted by atomic mass is 16.5. The van der Waals surface area contributed by atoms with Crippen LogP contribution in [-0.4, -0.2) is 53.7 Å². The van der Waals surface area contributed by atoms with Gasteiger partial charge in [0.2, 0.25) is 5.91 Å². The molecule has 2 aliphatic carbocycles. The lowest BCUT2D eigenvalue weighted by atomic mass is 9.98. The molecule has 0 bridgehead atoms. The molecule has 2 amide bonds. The SMILES string of the molecule is CC(CNC(=O)OCC1c2ccccc2-c2ccccc21)C(=O)N(CCC(=O)O)C1CC1. The van der Waals surface area contributed by atoms with Crippen molar-refractivity contribution in [3.63, 3.8) is 0 Å². The number of carbonyl (C=O) groups excluding carboxylic acids is 2. The van der Waals surface area contributed by atoms with Crippen LogP contribution in [0.15, 0.2) is 48.5 Å². The van der Waals surface area contributed by atoms with E-state index in [-0.39, 0.29) is 44.0 Å². The summed E-state index contributed by atoms with van der Waals surface area (Å²) in [4.78, 5) is 37.6. The van der Waals surface area contributed by atoms with Crippen LogP contribution in [0.5, 0.6) is 0 Å². The lowest BCUT2D eigenvalue weighted by Gasteiger charge is -2.25. The fourth-order valence-electron chi connectivity index (χ4n) is 4.33. The number of fused-ring (bicyclic) bond motifs is 3. The highest BCUT2D eigenvalue weighted by Gasteiger charge is 2.35. The van der Waals surface area contributed by atoms with E-state index in [1.807, 2.05) is 24.3 Å². The number of amides is 2. The van der Waals surface area contributed by atoms with E-state index in [4.69, 9.17) is 9.84 Å². The van der Waals surface area contributed by atoms with E-state index < -0.39 is 18.0 Å². The maximum atomic E-state index is 12.7. The first-order valence-corrected chi connectivity index (χ1v) is 11.1. The average molecular weight is 437 g/mol. The zero-order chi connectivity index (χ0) is 22.7. The van der Waals surface area contributed by atoms with Gasteiger partial charge in [-0.15, -0.1) is 0 Å². The molecule has 168 valence electrons. The first kappa shape index (κ1) is 21.9. The minimum atomic E-state index is -0.923. The van der Waals surface area contributed by atoms with Gasteiger partial charge < -0.3 is 20.1 Å². The molecule has 2 N–H and O–H groups in total. The van der Waals surface area contributed by atoms with Crippen molar-refractivity contribution in [3.8, 4) is 11.1 Å². The van der Waals surface area contributed by atoms with E-state index >= 15 is 0 Å². The Bertz CT molecular complexity index is 971. The maximum absolute atomic E-state index is 12.7. The van der Waals surface area contributed by atoms with Crippen molar-refractivity contribution in [1.82, 2.24) is 10.2 Å². The summed E-state index contributed by atoms with van der Waals surface area (Å²) in [7, 11) is 0. The molecule has 2 aromatic carbocycles. The Balaban J connectivity index is 1.30. The molecule has 0 spiro atoms. The Morgan fingerprint density at radius 1 is 1.06 bits per heavy atom. The van der Waals surface area contributed by atoms with Crippen LogP contribution in [0, 0.1) is 5.92 Å². The lowest BCUT2D eigenvalue weighted by molar-refractivity contribution is -0.139. The van der Waals surface area contributed by atoms with Crippen LogP contribution in [0.25, 0.3) is 11.1 Å². The Kier molecular flexibility index (Phi) is 6.44. The van der Waals surface area contributed by atoms with Crippen molar-refractivity contribution in [3.05, 3.63) is 59.7 Å². The number of rotatable bonds is 9. The van der Waals surface area contributed by atoms with Gasteiger partial charge in [0.1, 0.15) is 6.61 Å². The second kappa shape index (κ2) is 9.42. The number of carboxylic acid groups (broad SMARTS) is 1. The van der Waals surface area contributed by atoms with Gasteiger partial charge >= 0.3 is 12.1 Å². The zero-order valence-electron chi connectivity index (χ0n) is 18.1. The number of nitrogens with one attached hydrogen (secondary N) is 1. The third-order valence-electron chi connectivity index (χ3n) is 6.16. The Labute approximate surface area is 187 Å². The second-order valence-electron chi connectivity index (χ2n) is 8.51. The number of carbonyl (C=O) groups is 3. The highest BCUT2D eigenvalue weighted by Crippen LogP contribution is 2.44. The number of nitrogens with zero attached hydrogens (tertiary/aromatic N) is 1. The molecule has 32 heavy (non-hydrogen) atoms. The van der Waals surface area contributed by atoms with E-state index in [0.29, 0.717) is 0 Å². The van der Waals surface area contributed by atoms with E-state index in [2.05, 4.69) is 29.6 Å². The van der Waals surface area contributed by atoms with Crippen molar-refractivity contribution in [1.29, 1.82) is 0 Å². The number of carboxylic acids is 1. The monoisotopic (exact) mass is 436 g/mol. The van der Waals surface area contributed by atoms with Gasteiger partial charge in [-0.05, 0) is 35.1 Å². The van der Waals surface area contributed by atoms with E-state index in [9.17, 15) is 14.4 Å². The molecule has 0 aliphatic heterocycles. The van der Waals surface area contributed by atoms with Gasteiger partial charge in [-0.1, -0.05) is 55.5 Å². The van der Waals surface area contributed by atoms with Gasteiger partial charge in [0.25, 0.3) is 0 Å². The molecule has 7 heteroatoms. The molecule has 1 unspecified atom stereocenters. The van der Waals surface area contributed by atoms with Gasteiger partial charge in [-0.3, -0.25) is 9.59 Å². The molecular formula is C25H28N2O5. The van der Waals surface area contributed by atoms with Crippen LogP contribution in [-0.2, 0) is 14.3 Å². The van der Waals surface area contributed by atoms with Gasteiger partial charge in [-0.25, -0.2) is 4.79 Å². The molecule has 0 saturated heterocycles. The van der Waals surface area contributed by atoms with Crippen molar-refractivity contribution >= 4 is 18.0 Å². The van der Waals surface area contributed by atoms with E-state index in [1.54, 1.807) is 11.8 Å². The first-order valence-electron chi connectivity index (χ1n) is 11.1. The number of ether oxygens (including phenoxy) is 1. The lowest BCUT2D eigenvalue weighted by Crippen LogP contribution is -2.42. The minimum absolute atomic E-state index is 0.0198. The Morgan fingerprint density at radius 3 is 2.22 bits per heavy atom. The van der Waals surface area contributed by atoms with E-state index in [1.165, 1.54) is 0 Å². The fourth-order valence-corrected chi connectivity index (χ4v) is 4.33. The van der Waals surface area contributed by atoms with Gasteiger partial charge in [0, 0.05) is 25.0 Å². The molecule has 1 fully saturated rings. The largest absolute Gasteiger partial charge is 0.481 e. The smallest absolute Gasteiger partial charge is 0.407 e. The van der Waals surface area contributed by atoms with Gasteiger partial charge in [-0.2, -0.15) is 0 Å². The summed E-state index contributed by atoms with van der Waals surface area (Å²) in [5.74, 6) is -1.53. The van der Waals surface area contributed by atoms with Crippen molar-refractivity contribution in [2.45, 2.75) is 38.1 Å². The van der Waals surface area contributed by atoms with Crippen LogP contribution in [0.3, 0.4) is 0 Å². The van der Waals surface area contributed by atoms with Crippen LogP contribution < -0.4 is 5.32 Å². The standard InChI is InChI=1S/C25H28N2O5/c1-16(24(30)27(17-10-11-17)13-12-23(28)29)14-26-25(31)32-15-22-20-8-4-2-6-18(20)19-7-3-5-9-21(19)22/h2-9,16-17,22H,10-15H2,1H3,(H,26,31)(H,28,29). The summed E-state index contributed by atoms with van der Waals surface area (Å²) >= 11 is 0. The van der Waals surface area contributed by atoms with Crippen LogP contribution >= 0.6 is 0 Å². The highest BCUT2D eigenvalue weighted by molar-refractivity contribution is 5.81. The summed E-state index contributed by atoms with van der Waals surface area (Å²) in [5.41, 5.74) is 4.61. The number of hydrogen-bond donors (Lipinski definition) is 2. The molecule has 1 atom stereocenters. The van der Waals surface area contributed by atoms with E-state index in [0.717, 1.165) is 35.1 Å². The predicted octanol–water partition coefficient (Wildman–Crippen LogP) is 3.63. The molecule has 0 radical (unpaired) electrons. The fraction of sp³-hybridized carbons (Fsp3) is 0.400. The molecule has 4 rings (SSSR count). The molecule has 7 nitrogen and oxygen atoms in total. The molecule has 0 heterocycles. The number of aliphatic carboxylic acids is 1. The quantitative estimate of drug-likeness (QED) is 0.626. The number of alkyl carbamates (subject to hydrolysis) is 1. The third kappa shape index (κ3) is 4.77. The van der Waals surface area contributed by atoms with Gasteiger partial charge in [0.05, 0.1) is 12.3 Å². The van der Waals surface area contributed by atoms with Crippen molar-refractivity contribution < 1.29 is 24.2 Å². The maximum Gasteiger partial charge on any atom is 0.407 e. The first-order chi connectivity index (χ1) is 15.5. The summed E-state index contributed by atoms with van der Waals surface area (Å²) in [6, 6.07) is 16.4. The molecular weight excluding hydrogens is 408 g/mol. The van der Waals surface area contributed by atoms with Crippen molar-refractivity contribution in [2.24, 2.45) is 5.92 Å². The Hall–Kier alpha value is -3.35. The summed E-state index contributed by atoms with van der Waals surface area (Å²) < 4.78 is 5.52. The summed E-state index contributed by atoms with van der Waals surface area (Å²) in [6.07, 6.45) is 1.17. The number of benzene rings is 2. The van der Waals surface area contributed by atoms with Crippen molar-refractivity contribution in [2.75, 3.05) is 19.7 Å². The predicted molar refractivity (Wildman–Crippen MR) is 119 cm³/mol. The summed E-state index contributed by atoms with van der Waals surface area (Å²) in [5, 5.41) is 11.6. The van der Waals surface area contributed by atoms with Crippen LogP contribution in [0.2, 0.25) is 0 Å². The molecule has 1 saturated carbocycles. The normalized spacial score (nSPS) is 15.4. The molecule has 2 aromatic rings. The zero-order valence-corrected chi connectivity index (χ0v) is 18.1. The number of hydrogen-bond acceptors (Lipinski definition) is 4.